The van der Waals surface area contributed by atoms with E-state index in [2.05, 4.69) is 27.7 Å². The van der Waals surface area contributed by atoms with Crippen molar-refractivity contribution in [2.75, 3.05) is 0 Å². The van der Waals surface area contributed by atoms with Crippen molar-refractivity contribution in [2.24, 2.45) is 0 Å². The van der Waals surface area contributed by atoms with E-state index in [4.69, 9.17) is 0 Å². The number of rotatable bonds is 0. The van der Waals surface area contributed by atoms with E-state index in [1.54, 1.807) is 0 Å². The first-order chi connectivity index (χ1) is 2.83. The summed E-state index contributed by atoms with van der Waals surface area (Å²) in [6.07, 6.45) is 2.50. The molecule has 0 saturated carbocycles. The first-order valence-corrected chi connectivity index (χ1v) is 2.83. The van der Waals surface area contributed by atoms with Gasteiger partial charge in [-0.05, 0) is 0 Å². The van der Waals surface area contributed by atoms with Gasteiger partial charge in [0.1, 0.15) is 0 Å². The van der Waals surface area contributed by atoms with Crippen LogP contribution in [0.5, 0.6) is 0 Å². The third-order valence-electron chi connectivity index (χ3n) is 0. The van der Waals surface area contributed by atoms with Gasteiger partial charge >= 0.3 is 0 Å². The summed E-state index contributed by atoms with van der Waals surface area (Å²) in [5, 5.41) is 0. The molecule has 0 unspecified atom stereocenters. The summed E-state index contributed by atoms with van der Waals surface area (Å²) in [4.78, 5) is 0. The van der Waals surface area contributed by atoms with E-state index in [1.807, 2.05) is 0 Å². The smallest absolute Gasteiger partial charge is 0.0590 e. The summed E-state index contributed by atoms with van der Waals surface area (Å²) in [6, 6.07) is 0. The van der Waals surface area contributed by atoms with Crippen molar-refractivity contribution in [2.45, 2.75) is 48.0 Å². The minimum Gasteiger partial charge on any atom is -0.0776 e. The Balaban J connectivity index is -0.0000000400. The molecule has 0 aliphatic heterocycles. The highest BCUT2D eigenvalue weighted by Gasteiger charge is 1.36. The van der Waals surface area contributed by atoms with E-state index >= 15 is 0 Å². The monoisotopic (exact) mass is 104 g/mol. The molecule has 48 valence electrons. The minimum absolute atomic E-state index is 0. The van der Waals surface area contributed by atoms with Gasteiger partial charge in [0.2, 0.25) is 0 Å². The Morgan fingerprint density at radius 2 is 0.714 bits per heavy atom. The van der Waals surface area contributed by atoms with Crippen molar-refractivity contribution in [1.82, 2.24) is 0 Å². The molecule has 0 aromatic carbocycles. The molecule has 0 aromatic rings. The summed E-state index contributed by atoms with van der Waals surface area (Å²) in [7, 11) is 0. The summed E-state index contributed by atoms with van der Waals surface area (Å²) in [5.74, 6) is 0. The van der Waals surface area contributed by atoms with Crippen LogP contribution in [0.15, 0.2) is 0 Å². The van der Waals surface area contributed by atoms with Gasteiger partial charge in [-0.1, -0.05) is 48.0 Å². The van der Waals surface area contributed by atoms with Crippen molar-refractivity contribution in [3.8, 4) is 0 Å². The Morgan fingerprint density at radius 3 is 0.714 bits per heavy atom. The van der Waals surface area contributed by atoms with Crippen LogP contribution in [0.3, 0.4) is 0 Å². The Morgan fingerprint density at radius 1 is 0.714 bits per heavy atom. The molecule has 0 heterocycles. The normalized spacial score (nSPS) is 5.14. The fourth-order valence-corrected chi connectivity index (χ4v) is 0. The first kappa shape index (κ1) is 15.8. The standard InChI is InChI=1S/2C3H8.CH4/c2*1-3-2;/h2*3H2,1-2H3;1H4. The lowest BCUT2D eigenvalue weighted by Crippen LogP contribution is -1.27. The summed E-state index contributed by atoms with van der Waals surface area (Å²) in [5.41, 5.74) is 0. The second-order valence-electron chi connectivity index (χ2n) is 1.41. The highest BCUT2D eigenvalue weighted by Crippen LogP contribution is 1.56. The minimum atomic E-state index is 0. The molecule has 0 rings (SSSR count). The van der Waals surface area contributed by atoms with Crippen LogP contribution in [0, 0.1) is 0 Å². The third kappa shape index (κ3) is 0. The van der Waals surface area contributed by atoms with Gasteiger partial charge in [-0.15, -0.1) is 0 Å². The third-order valence-corrected chi connectivity index (χ3v) is 0. The van der Waals surface area contributed by atoms with Crippen molar-refractivity contribution in [3.05, 3.63) is 0 Å². The zero-order valence-electron chi connectivity index (χ0n) is 5.41. The van der Waals surface area contributed by atoms with Gasteiger partial charge in [-0.3, -0.25) is 0 Å². The molecule has 0 aromatic heterocycles. The second kappa shape index (κ2) is 37.5. The maximum absolute atomic E-state index is 2.12. The van der Waals surface area contributed by atoms with Crippen molar-refractivity contribution in [3.63, 3.8) is 0 Å². The van der Waals surface area contributed by atoms with Crippen molar-refractivity contribution in [1.29, 1.82) is 0 Å². The Labute approximate surface area is 48.9 Å². The fourth-order valence-electron chi connectivity index (χ4n) is 0. The van der Waals surface area contributed by atoms with E-state index in [1.165, 1.54) is 12.8 Å². The molecule has 0 nitrogen and oxygen atoms in total. The molecule has 0 N–H and O–H groups in total. The molecule has 0 bridgehead atoms. The van der Waals surface area contributed by atoms with Gasteiger partial charge in [0.15, 0.2) is 0 Å². The zero-order chi connectivity index (χ0) is 5.41. The Hall–Kier alpha value is 0. The molecule has 0 heteroatoms. The molecular formula is C7H20. The fraction of sp³-hybridized carbons (Fsp3) is 1.00. The molecule has 0 aliphatic rings. The predicted octanol–water partition coefficient (Wildman–Crippen LogP) is 3.47. The molecule has 0 saturated heterocycles. The van der Waals surface area contributed by atoms with E-state index in [0.29, 0.717) is 0 Å². The molecule has 7 heavy (non-hydrogen) atoms. The molecule has 0 radical (unpaired) electrons. The molecular weight excluding hydrogens is 84.1 g/mol. The lowest BCUT2D eigenvalue weighted by Gasteiger charge is -1.48. The van der Waals surface area contributed by atoms with E-state index in [9.17, 15) is 0 Å². The van der Waals surface area contributed by atoms with Crippen LogP contribution >= 0.6 is 0 Å². The predicted molar refractivity (Wildman–Crippen MR) is 38.7 cm³/mol. The van der Waals surface area contributed by atoms with Gasteiger partial charge in [0, 0.05) is 0 Å². The van der Waals surface area contributed by atoms with Gasteiger partial charge in [-0.2, -0.15) is 0 Å². The van der Waals surface area contributed by atoms with E-state index in [-0.39, 0.29) is 7.43 Å². The summed E-state index contributed by atoms with van der Waals surface area (Å²) < 4.78 is 0. The largest absolute Gasteiger partial charge is 0.0776 e. The van der Waals surface area contributed by atoms with Crippen LogP contribution < -0.4 is 0 Å². The quantitative estimate of drug-likeness (QED) is 0.441. The zero-order valence-corrected chi connectivity index (χ0v) is 5.41. The first-order valence-electron chi connectivity index (χ1n) is 2.83. The highest BCUT2D eigenvalue weighted by molar-refractivity contribution is 3.92. The van der Waals surface area contributed by atoms with E-state index < -0.39 is 0 Å². The number of hydrogen-bond acceptors (Lipinski definition) is 0. The van der Waals surface area contributed by atoms with E-state index in [0.717, 1.165) is 0 Å². The van der Waals surface area contributed by atoms with Crippen LogP contribution in [0.4, 0.5) is 0 Å². The second-order valence-corrected chi connectivity index (χ2v) is 1.41. The topological polar surface area (TPSA) is 0 Å². The maximum Gasteiger partial charge on any atom is -0.0590 e. The lowest BCUT2D eigenvalue weighted by molar-refractivity contribution is 1.09. The SMILES string of the molecule is C.CCC.CCC. The Kier molecular flexibility index (Phi) is 84.4. The van der Waals surface area contributed by atoms with Crippen LogP contribution in [-0.2, 0) is 0 Å². The average molecular weight is 104 g/mol. The number of hydrogen-bond donors (Lipinski definition) is 0. The molecule has 0 aliphatic carbocycles. The van der Waals surface area contributed by atoms with Gasteiger partial charge in [0.05, 0.1) is 0 Å². The van der Waals surface area contributed by atoms with Crippen molar-refractivity contribution >= 4 is 0 Å². The lowest BCUT2D eigenvalue weighted by atomic mass is 10.6. The molecule has 0 fully saturated rings. The van der Waals surface area contributed by atoms with Crippen LogP contribution in [0.1, 0.15) is 48.0 Å². The summed E-state index contributed by atoms with van der Waals surface area (Å²) in [6.45, 7) is 8.50. The van der Waals surface area contributed by atoms with Crippen LogP contribution in [0.25, 0.3) is 0 Å². The molecule has 0 atom stereocenters. The van der Waals surface area contributed by atoms with Gasteiger partial charge in [-0.25, -0.2) is 0 Å². The van der Waals surface area contributed by atoms with Gasteiger partial charge in [0.25, 0.3) is 0 Å². The van der Waals surface area contributed by atoms with Gasteiger partial charge < -0.3 is 0 Å². The summed E-state index contributed by atoms with van der Waals surface area (Å²) >= 11 is 0. The van der Waals surface area contributed by atoms with Crippen molar-refractivity contribution < 1.29 is 0 Å². The molecule has 0 amide bonds. The highest BCUT2D eigenvalue weighted by atomic mass is 13.4. The maximum atomic E-state index is 2.12. The average Bonchev–Trinajstić information content (AvgIpc) is 1.39. The van der Waals surface area contributed by atoms with Crippen LogP contribution in [-0.4, -0.2) is 0 Å². The Bertz CT molecular complexity index is 2.00. The van der Waals surface area contributed by atoms with Crippen LogP contribution in [0.2, 0.25) is 0 Å². The molecule has 0 spiro atoms.